The smallest absolute Gasteiger partial charge is 0.280 e. The molecule has 3 amide bonds. The molecular weight excluding hydrogens is 570 g/mol. The molecule has 2 unspecified atom stereocenters. The number of ether oxygens (including phenoxy) is 1. The summed E-state index contributed by atoms with van der Waals surface area (Å²) in [6.45, 7) is 4.69. The average molecular weight is 614 g/mol. The Morgan fingerprint density at radius 2 is 1.98 bits per heavy atom. The first kappa shape index (κ1) is 30.0. The van der Waals surface area contributed by atoms with Gasteiger partial charge in [0.25, 0.3) is 11.8 Å². The Morgan fingerprint density at radius 1 is 1.18 bits per heavy atom. The highest BCUT2D eigenvalue weighted by Gasteiger charge is 2.69. The van der Waals surface area contributed by atoms with E-state index in [-0.39, 0.29) is 30.7 Å². The third-order valence-corrected chi connectivity index (χ3v) is 10.5. The van der Waals surface area contributed by atoms with E-state index in [0.29, 0.717) is 31.8 Å². The molecule has 3 N–H and O–H groups in total. The summed E-state index contributed by atoms with van der Waals surface area (Å²) in [5.41, 5.74) is 2.91. The zero-order valence-corrected chi connectivity index (χ0v) is 26.3. The van der Waals surface area contributed by atoms with E-state index in [2.05, 4.69) is 53.6 Å². The van der Waals surface area contributed by atoms with Crippen LogP contribution >= 0.6 is 0 Å². The van der Waals surface area contributed by atoms with Gasteiger partial charge in [0.1, 0.15) is 12.1 Å². The number of aromatic nitrogens is 1. The van der Waals surface area contributed by atoms with Gasteiger partial charge in [0, 0.05) is 55.0 Å². The Morgan fingerprint density at radius 3 is 2.76 bits per heavy atom. The van der Waals surface area contributed by atoms with Crippen LogP contribution in [0.5, 0.6) is 0 Å². The van der Waals surface area contributed by atoms with Crippen molar-refractivity contribution in [3.63, 3.8) is 0 Å². The van der Waals surface area contributed by atoms with Crippen LogP contribution in [-0.2, 0) is 32.0 Å². The number of benzene rings is 2. The minimum absolute atomic E-state index is 0.155. The molecule has 4 heterocycles. The molecule has 0 spiro atoms. The van der Waals surface area contributed by atoms with E-state index in [4.69, 9.17) is 4.74 Å². The second-order valence-corrected chi connectivity index (χ2v) is 13.4. The van der Waals surface area contributed by atoms with E-state index >= 15 is 0 Å². The molecule has 1 aliphatic carbocycles. The van der Waals surface area contributed by atoms with Crippen molar-refractivity contribution in [3.05, 3.63) is 71.4 Å². The van der Waals surface area contributed by atoms with Crippen molar-refractivity contribution in [2.75, 3.05) is 20.1 Å². The van der Waals surface area contributed by atoms with Crippen LogP contribution in [0, 0.1) is 0 Å². The maximum Gasteiger partial charge on any atom is 0.280 e. The van der Waals surface area contributed by atoms with E-state index < -0.39 is 29.6 Å². The van der Waals surface area contributed by atoms with Gasteiger partial charge in [-0.25, -0.2) is 0 Å². The van der Waals surface area contributed by atoms with Crippen LogP contribution in [0.4, 0.5) is 0 Å². The van der Waals surface area contributed by atoms with E-state index in [1.807, 2.05) is 30.3 Å². The lowest BCUT2D eigenvalue weighted by atomic mass is 9.77. The number of aromatic amines is 1. The number of nitrogens with zero attached hydrogens (tertiary/aromatic N) is 3. The summed E-state index contributed by atoms with van der Waals surface area (Å²) < 4.78 is 6.18. The fourth-order valence-electron chi connectivity index (χ4n) is 8.41. The molecule has 3 fully saturated rings. The number of aliphatic hydroxyl groups is 1. The first-order valence-electron chi connectivity index (χ1n) is 16.4. The third kappa shape index (κ3) is 4.85. The maximum absolute atomic E-state index is 14.1. The second kappa shape index (κ2) is 11.3. The standard InChI is InChI=1S/C35H43N5O5/c1-4-10-24-25-13-8-14-26-31(25)23(21-36-26)20-27(24)38(3)18-16-30(41)37-34(2)33(43)40-28(19-22-11-6-5-7-12-22)32(42)39-17-9-15-29(39)35(40,44)45-34/h5-8,11-14,21,24,27-29,36,44H,4,9-10,15-20H2,1-3H3,(H,37,41)/t24?,27-,28+,29+,34-,35?/m1/s1. The highest BCUT2D eigenvalue weighted by molar-refractivity contribution is 5.97. The topological polar surface area (TPSA) is 118 Å². The number of carbonyl (C=O) groups excluding carboxylic acids is 3. The normalized spacial score (nSPS) is 30.7. The maximum atomic E-state index is 14.1. The molecule has 10 heteroatoms. The molecule has 238 valence electrons. The van der Waals surface area contributed by atoms with Gasteiger partial charge in [-0.05, 0) is 62.4 Å². The Labute approximate surface area is 263 Å². The van der Waals surface area contributed by atoms with Gasteiger partial charge in [-0.15, -0.1) is 0 Å². The second-order valence-electron chi connectivity index (χ2n) is 13.4. The molecule has 2 aromatic carbocycles. The lowest BCUT2D eigenvalue weighted by Crippen LogP contribution is -2.71. The molecule has 4 aliphatic rings. The predicted octanol–water partition coefficient (Wildman–Crippen LogP) is 3.25. The molecule has 45 heavy (non-hydrogen) atoms. The molecule has 1 aromatic heterocycles. The van der Waals surface area contributed by atoms with Crippen molar-refractivity contribution in [1.82, 2.24) is 25.0 Å². The van der Waals surface area contributed by atoms with Crippen LogP contribution in [0.2, 0.25) is 0 Å². The van der Waals surface area contributed by atoms with Crippen LogP contribution in [0.15, 0.2) is 54.7 Å². The Kier molecular flexibility index (Phi) is 7.49. The summed E-state index contributed by atoms with van der Waals surface area (Å²) in [6, 6.07) is 14.5. The molecule has 3 aromatic rings. The predicted molar refractivity (Wildman–Crippen MR) is 169 cm³/mol. The first-order chi connectivity index (χ1) is 21.6. The number of H-pyrrole nitrogens is 1. The first-order valence-corrected chi connectivity index (χ1v) is 16.4. The number of hydrogen-bond acceptors (Lipinski definition) is 6. The lowest BCUT2D eigenvalue weighted by molar-refractivity contribution is -0.315. The third-order valence-electron chi connectivity index (χ3n) is 10.5. The SMILES string of the molecule is CCCC1c2cccc3[nH]cc(c23)C[C@H]1N(C)CCC(=O)N[C@]1(C)OC2(O)[C@@H]3CCCN3C(=O)[C@H](Cc3ccccc3)N2C1=O. The van der Waals surface area contributed by atoms with Crippen molar-refractivity contribution >= 4 is 28.6 Å². The number of amides is 3. The van der Waals surface area contributed by atoms with Gasteiger partial charge in [-0.1, -0.05) is 55.8 Å². The Bertz CT molecular complexity index is 1620. The quantitative estimate of drug-likeness (QED) is 0.341. The number of rotatable bonds is 9. The monoisotopic (exact) mass is 613 g/mol. The molecule has 0 radical (unpaired) electrons. The van der Waals surface area contributed by atoms with E-state index in [1.165, 1.54) is 33.9 Å². The van der Waals surface area contributed by atoms with Gasteiger partial charge in [0.15, 0.2) is 0 Å². The molecule has 3 aliphatic heterocycles. The fraction of sp³-hybridized carbons (Fsp3) is 0.514. The number of fused-ring (bicyclic) bond motifs is 3. The van der Waals surface area contributed by atoms with Gasteiger partial charge >= 0.3 is 0 Å². The number of piperazine rings is 1. The Balaban J connectivity index is 1.07. The summed E-state index contributed by atoms with van der Waals surface area (Å²) in [6.07, 6.45) is 6.74. The fourth-order valence-corrected chi connectivity index (χ4v) is 8.41. The molecule has 6 atom stereocenters. The minimum atomic E-state index is -2.02. The molecule has 7 rings (SSSR count). The van der Waals surface area contributed by atoms with Crippen LogP contribution in [0.25, 0.3) is 10.9 Å². The van der Waals surface area contributed by atoms with Crippen molar-refractivity contribution < 1.29 is 24.2 Å². The van der Waals surface area contributed by atoms with Crippen LogP contribution < -0.4 is 5.32 Å². The molecule has 0 saturated carbocycles. The van der Waals surface area contributed by atoms with E-state index in [0.717, 1.165) is 24.8 Å². The number of carbonyl (C=O) groups is 3. The summed E-state index contributed by atoms with van der Waals surface area (Å²) in [5, 5.41) is 16.1. The largest absolute Gasteiger partial charge is 0.361 e. The molecule has 3 saturated heterocycles. The Hall–Kier alpha value is -3.73. The van der Waals surface area contributed by atoms with Crippen molar-refractivity contribution in [1.29, 1.82) is 0 Å². The zero-order valence-electron chi connectivity index (χ0n) is 26.3. The van der Waals surface area contributed by atoms with Gasteiger partial charge in [-0.2, -0.15) is 0 Å². The summed E-state index contributed by atoms with van der Waals surface area (Å²) in [5.74, 6) is -2.81. The van der Waals surface area contributed by atoms with E-state index in [9.17, 15) is 19.5 Å². The van der Waals surface area contributed by atoms with Gasteiger partial charge in [0.2, 0.25) is 17.5 Å². The minimum Gasteiger partial charge on any atom is -0.361 e. The number of nitrogens with one attached hydrogen (secondary N) is 2. The van der Waals surface area contributed by atoms with Crippen molar-refractivity contribution in [2.45, 2.75) is 94.5 Å². The highest BCUT2D eigenvalue weighted by atomic mass is 16.7. The summed E-state index contributed by atoms with van der Waals surface area (Å²) >= 11 is 0. The number of likely N-dealkylation sites (N-methyl/N-ethyl adjacent to an activating group) is 1. The number of hydrogen-bond donors (Lipinski definition) is 3. The molecule has 0 bridgehead atoms. The summed E-state index contributed by atoms with van der Waals surface area (Å²) in [4.78, 5) is 49.7. The van der Waals surface area contributed by atoms with Gasteiger partial charge in [-0.3, -0.25) is 24.0 Å². The van der Waals surface area contributed by atoms with E-state index in [1.54, 1.807) is 4.90 Å². The van der Waals surface area contributed by atoms with Crippen molar-refractivity contribution in [2.24, 2.45) is 0 Å². The zero-order chi connectivity index (χ0) is 31.5. The summed E-state index contributed by atoms with van der Waals surface area (Å²) in [7, 11) is 2.06. The van der Waals surface area contributed by atoms with Gasteiger partial charge in [0.05, 0.1) is 0 Å². The van der Waals surface area contributed by atoms with Crippen LogP contribution in [0.1, 0.15) is 68.6 Å². The highest BCUT2D eigenvalue weighted by Crippen LogP contribution is 2.46. The molecule has 10 nitrogen and oxygen atoms in total. The molecular formula is C35H43N5O5. The van der Waals surface area contributed by atoms with Crippen LogP contribution in [0.3, 0.4) is 0 Å². The van der Waals surface area contributed by atoms with Gasteiger partial charge < -0.3 is 25.2 Å². The van der Waals surface area contributed by atoms with Crippen molar-refractivity contribution in [3.8, 4) is 0 Å². The average Bonchev–Trinajstić information content (AvgIpc) is 3.73. The van der Waals surface area contributed by atoms with Crippen LogP contribution in [-0.4, -0.2) is 92.4 Å². The lowest BCUT2D eigenvalue weighted by Gasteiger charge is -2.48.